The number of carbonyl (C=O) groups is 2. The van der Waals surface area contributed by atoms with Gasteiger partial charge in [-0.25, -0.2) is 9.78 Å². The average Bonchev–Trinajstić information content (AvgIpc) is 2.61. The molecule has 0 spiro atoms. The lowest BCUT2D eigenvalue weighted by molar-refractivity contribution is 0.0960. The summed E-state index contributed by atoms with van der Waals surface area (Å²) in [6.07, 6.45) is 1.45. The van der Waals surface area contributed by atoms with Crippen molar-refractivity contribution in [3.8, 4) is 0 Å². The number of carbonyl (C=O) groups excluding carboxylic acids is 2. The first kappa shape index (κ1) is 7.92. The van der Waals surface area contributed by atoms with Gasteiger partial charge < -0.3 is 0 Å². The van der Waals surface area contributed by atoms with Crippen LogP contribution in [0, 0.1) is 0 Å². The van der Waals surface area contributed by atoms with E-state index in [0.717, 1.165) is 0 Å². The van der Waals surface area contributed by atoms with Crippen LogP contribution in [0.3, 0.4) is 0 Å². The van der Waals surface area contributed by atoms with Gasteiger partial charge in [0, 0.05) is 0 Å². The Labute approximate surface area is 82.3 Å². The van der Waals surface area contributed by atoms with E-state index < -0.39 is 11.9 Å². The van der Waals surface area contributed by atoms with Gasteiger partial charge in [0.2, 0.25) is 0 Å². The molecule has 7 nitrogen and oxygen atoms in total. The van der Waals surface area contributed by atoms with Crippen molar-refractivity contribution in [1.29, 1.82) is 0 Å². The molecule has 3 amide bonds. The molecule has 0 aromatic carbocycles. The molecule has 2 aliphatic heterocycles. The predicted octanol–water partition coefficient (Wildman–Crippen LogP) is -1.47. The molecule has 0 radical (unpaired) electrons. The van der Waals surface area contributed by atoms with E-state index in [-0.39, 0.29) is 11.1 Å². The van der Waals surface area contributed by atoms with Gasteiger partial charge in [-0.05, 0) is 6.07 Å². The molecule has 72 valence electrons. The van der Waals surface area contributed by atoms with Crippen molar-refractivity contribution in [1.82, 2.24) is 10.3 Å². The highest BCUT2D eigenvalue weighted by Crippen LogP contribution is 1.95. The minimum atomic E-state index is -0.702. The van der Waals surface area contributed by atoms with E-state index in [1.54, 1.807) is 0 Å². The standard InChI is InChI=1S/C8H3N5O2/c14-7-3-1-4-5(2-9-13-4)10-6(3)11-8(15)12-7/h1-2H,(H,12,14,15). The number of imide groups is 1. The van der Waals surface area contributed by atoms with Crippen LogP contribution in [0.2, 0.25) is 0 Å². The largest absolute Gasteiger partial charge is 0.349 e. The first-order valence-electron chi connectivity index (χ1n) is 4.10. The number of nitrogens with zero attached hydrogens (tertiary/aromatic N) is 4. The number of amides is 3. The number of fused-ring (bicyclic) bond motifs is 2. The minimum Gasteiger partial charge on any atom is -0.272 e. The summed E-state index contributed by atoms with van der Waals surface area (Å²) in [5.74, 6) is -0.512. The number of pyridine rings is 1. The fourth-order valence-corrected chi connectivity index (χ4v) is 1.37. The van der Waals surface area contributed by atoms with Crippen molar-refractivity contribution < 1.29 is 9.59 Å². The van der Waals surface area contributed by atoms with Crippen LogP contribution < -0.4 is 16.2 Å². The summed E-state index contributed by atoms with van der Waals surface area (Å²) in [4.78, 5) is 29.9. The number of hydrogen-bond acceptors (Lipinski definition) is 5. The molecular formula is C8H3N5O2. The van der Waals surface area contributed by atoms with E-state index in [1.165, 1.54) is 12.3 Å². The molecule has 7 heteroatoms. The first-order valence-corrected chi connectivity index (χ1v) is 4.10. The number of aromatic nitrogens is 1. The van der Waals surface area contributed by atoms with Gasteiger partial charge in [-0.15, -0.1) is 5.10 Å². The van der Waals surface area contributed by atoms with Crippen molar-refractivity contribution in [3.05, 3.63) is 28.2 Å². The van der Waals surface area contributed by atoms with Crippen LogP contribution >= 0.6 is 0 Å². The zero-order valence-electron chi connectivity index (χ0n) is 7.26. The maximum absolute atomic E-state index is 11.4. The molecule has 15 heavy (non-hydrogen) atoms. The van der Waals surface area contributed by atoms with Gasteiger partial charge in [-0.2, -0.15) is 10.1 Å². The Morgan fingerprint density at radius 3 is 3.00 bits per heavy atom. The molecule has 0 fully saturated rings. The highest BCUT2D eigenvalue weighted by atomic mass is 16.2. The molecule has 1 N–H and O–H groups in total. The van der Waals surface area contributed by atoms with Gasteiger partial charge >= 0.3 is 6.03 Å². The summed E-state index contributed by atoms with van der Waals surface area (Å²) in [5, 5.41) is 9.97. The van der Waals surface area contributed by atoms with E-state index >= 15 is 0 Å². The summed E-state index contributed by atoms with van der Waals surface area (Å²) in [7, 11) is 0. The summed E-state index contributed by atoms with van der Waals surface area (Å²) in [5.41, 5.74) is 0.869. The van der Waals surface area contributed by atoms with E-state index in [1.807, 2.05) is 0 Å². The molecule has 0 unspecified atom stereocenters. The normalized spacial score (nSPS) is 16.3. The minimum absolute atomic E-state index is 0.117. The van der Waals surface area contributed by atoms with Crippen molar-refractivity contribution >= 4 is 18.2 Å². The van der Waals surface area contributed by atoms with Crippen LogP contribution in [0.25, 0.3) is 0 Å². The highest BCUT2D eigenvalue weighted by Gasteiger charge is 2.20. The van der Waals surface area contributed by atoms with Crippen molar-refractivity contribution in [2.24, 2.45) is 15.2 Å². The number of hydrogen-bond donors (Lipinski definition) is 1. The number of urea groups is 1. The SMILES string of the molecule is O=C1N=c2nc3c(cc2C(=O)N1)=NN=C3. The second-order valence-electron chi connectivity index (χ2n) is 2.98. The van der Waals surface area contributed by atoms with Crippen LogP contribution in [-0.2, 0) is 0 Å². The Bertz CT molecular complexity index is 646. The second-order valence-corrected chi connectivity index (χ2v) is 2.98. The van der Waals surface area contributed by atoms with Gasteiger partial charge in [0.25, 0.3) is 5.91 Å². The zero-order valence-corrected chi connectivity index (χ0v) is 7.26. The molecule has 3 rings (SSSR count). The summed E-state index contributed by atoms with van der Waals surface area (Å²) >= 11 is 0. The quantitative estimate of drug-likeness (QED) is 0.555. The molecule has 0 atom stereocenters. The van der Waals surface area contributed by atoms with Crippen LogP contribution in [-0.4, -0.2) is 23.1 Å². The maximum atomic E-state index is 11.4. The van der Waals surface area contributed by atoms with Crippen molar-refractivity contribution in [2.75, 3.05) is 0 Å². The van der Waals surface area contributed by atoms with E-state index in [9.17, 15) is 9.59 Å². The van der Waals surface area contributed by atoms with Crippen LogP contribution in [0.15, 0.2) is 21.3 Å². The molecule has 2 aliphatic rings. The van der Waals surface area contributed by atoms with Crippen molar-refractivity contribution in [3.63, 3.8) is 0 Å². The Kier molecular flexibility index (Phi) is 1.34. The summed E-state index contributed by atoms with van der Waals surface area (Å²) in [6.45, 7) is 0. The fraction of sp³-hybridized carbons (Fsp3) is 0. The zero-order chi connectivity index (χ0) is 10.4. The Morgan fingerprint density at radius 1 is 1.27 bits per heavy atom. The lowest BCUT2D eigenvalue weighted by Crippen LogP contribution is -2.41. The number of rotatable bonds is 0. The fourth-order valence-electron chi connectivity index (χ4n) is 1.37. The molecule has 0 saturated carbocycles. The van der Waals surface area contributed by atoms with Gasteiger partial charge in [-0.1, -0.05) is 0 Å². The molecule has 3 heterocycles. The third-order valence-corrected chi connectivity index (χ3v) is 2.03. The monoisotopic (exact) mass is 201 g/mol. The summed E-state index contributed by atoms with van der Waals surface area (Å²) < 4.78 is 0. The molecule has 0 saturated heterocycles. The molecule has 0 aliphatic carbocycles. The average molecular weight is 201 g/mol. The summed E-state index contributed by atoms with van der Waals surface area (Å²) in [6, 6.07) is 0.808. The topological polar surface area (TPSA) is 96.1 Å². The van der Waals surface area contributed by atoms with E-state index in [0.29, 0.717) is 11.1 Å². The smallest absolute Gasteiger partial charge is 0.272 e. The highest BCUT2D eigenvalue weighted by molar-refractivity contribution is 6.06. The van der Waals surface area contributed by atoms with Gasteiger partial charge in [0.05, 0.1) is 11.8 Å². The number of nitrogens with one attached hydrogen (secondary N) is 1. The van der Waals surface area contributed by atoms with E-state index in [2.05, 4.69) is 25.5 Å². The van der Waals surface area contributed by atoms with Gasteiger partial charge in [0.1, 0.15) is 11.1 Å². The molecule has 1 aromatic heterocycles. The molecular weight excluding hydrogens is 198 g/mol. The lowest BCUT2D eigenvalue weighted by Gasteiger charge is -2.05. The lowest BCUT2D eigenvalue weighted by atomic mass is 10.2. The second kappa shape index (κ2) is 2.53. The van der Waals surface area contributed by atoms with Gasteiger partial charge in [-0.3, -0.25) is 10.1 Å². The third-order valence-electron chi connectivity index (χ3n) is 2.03. The van der Waals surface area contributed by atoms with Crippen LogP contribution in [0.1, 0.15) is 16.1 Å². The Balaban J connectivity index is 2.42. The molecule has 0 bridgehead atoms. The van der Waals surface area contributed by atoms with Crippen LogP contribution in [0.5, 0.6) is 0 Å². The Morgan fingerprint density at radius 2 is 2.13 bits per heavy atom. The third kappa shape index (κ3) is 1.06. The van der Waals surface area contributed by atoms with Gasteiger partial charge in [0.15, 0.2) is 5.49 Å². The van der Waals surface area contributed by atoms with Crippen LogP contribution in [0.4, 0.5) is 4.79 Å². The van der Waals surface area contributed by atoms with Crippen molar-refractivity contribution in [2.45, 2.75) is 0 Å². The predicted molar refractivity (Wildman–Crippen MR) is 47.0 cm³/mol. The maximum Gasteiger partial charge on any atom is 0.349 e. The Hall–Kier alpha value is -2.44. The van der Waals surface area contributed by atoms with E-state index in [4.69, 9.17) is 0 Å². The first-order chi connectivity index (χ1) is 7.24. The molecule has 1 aromatic rings.